The topological polar surface area (TPSA) is 22.1 Å². The fraction of sp³-hybridized carbons (Fsp3) is 0.0208. The molecular weight excluding hydrogens is 607 g/mol. The van der Waals surface area contributed by atoms with Gasteiger partial charge in [0.25, 0.3) is 0 Å². The number of rotatable bonds is 6. The van der Waals surface area contributed by atoms with Gasteiger partial charge >= 0.3 is 0 Å². The fourth-order valence-electron chi connectivity index (χ4n) is 7.09. The molecule has 1 aliphatic heterocycles. The van der Waals surface area contributed by atoms with Crippen LogP contribution in [0.4, 0.5) is 0 Å². The standard InChI is InChI=1S/C48H33NO/c1-3-12-33(13-4-1)34-22-26-37(27-23-34)45-30-40(42-18-10-9-17-41(42)35-14-5-2-6-15-35)31-46(49-45)38-28-24-36(25-29-38)43-20-11-21-47-48(43)44-19-8-7-16-39(44)32-50-47/h1-31H,32H2. The van der Waals surface area contributed by atoms with Crippen LogP contribution in [0.1, 0.15) is 5.56 Å². The maximum absolute atomic E-state index is 6.18. The highest BCUT2D eigenvalue weighted by molar-refractivity contribution is 5.91. The van der Waals surface area contributed by atoms with Crippen LogP contribution in [0.15, 0.2) is 188 Å². The van der Waals surface area contributed by atoms with E-state index in [1.807, 2.05) is 0 Å². The number of pyridine rings is 1. The molecule has 0 atom stereocenters. The number of benzene rings is 7. The fourth-order valence-corrected chi connectivity index (χ4v) is 7.09. The number of ether oxygens (including phenoxy) is 1. The Morgan fingerprint density at radius 3 is 1.46 bits per heavy atom. The number of fused-ring (bicyclic) bond motifs is 3. The zero-order valence-corrected chi connectivity index (χ0v) is 27.5. The van der Waals surface area contributed by atoms with Crippen molar-refractivity contribution in [3.63, 3.8) is 0 Å². The molecule has 0 fully saturated rings. The average Bonchev–Trinajstić information content (AvgIpc) is 3.21. The SMILES string of the molecule is c1ccc(-c2ccc(-c3cc(-c4ccccc4-c4ccccc4)cc(-c4ccc(-c5cccc6c5-c5ccccc5CO6)cc4)n3)cc2)cc1. The Kier molecular flexibility index (Phi) is 7.60. The summed E-state index contributed by atoms with van der Waals surface area (Å²) in [6, 6.07) is 66.7. The van der Waals surface area contributed by atoms with Gasteiger partial charge in [-0.2, -0.15) is 0 Å². The quantitative estimate of drug-likeness (QED) is 0.181. The lowest BCUT2D eigenvalue weighted by molar-refractivity contribution is 0.302. The van der Waals surface area contributed by atoms with Gasteiger partial charge in [0.05, 0.1) is 11.4 Å². The van der Waals surface area contributed by atoms with Gasteiger partial charge in [-0.1, -0.05) is 170 Å². The third-order valence-corrected chi connectivity index (χ3v) is 9.62. The maximum atomic E-state index is 6.18. The molecule has 8 aromatic rings. The normalized spacial score (nSPS) is 11.7. The van der Waals surface area contributed by atoms with Crippen LogP contribution in [0.5, 0.6) is 5.75 Å². The van der Waals surface area contributed by atoms with Crippen LogP contribution in [0.2, 0.25) is 0 Å². The lowest BCUT2D eigenvalue weighted by Crippen LogP contribution is -2.06. The van der Waals surface area contributed by atoms with Crippen molar-refractivity contribution in [1.82, 2.24) is 4.98 Å². The van der Waals surface area contributed by atoms with Gasteiger partial charge in [-0.25, -0.2) is 4.98 Å². The van der Waals surface area contributed by atoms with Crippen molar-refractivity contribution in [2.45, 2.75) is 6.61 Å². The van der Waals surface area contributed by atoms with Crippen LogP contribution < -0.4 is 4.74 Å². The van der Waals surface area contributed by atoms with Crippen molar-refractivity contribution in [2.75, 3.05) is 0 Å². The molecule has 9 rings (SSSR count). The molecule has 0 unspecified atom stereocenters. The summed E-state index contributed by atoms with van der Waals surface area (Å²) in [5.41, 5.74) is 17.0. The number of hydrogen-bond donors (Lipinski definition) is 0. The largest absolute Gasteiger partial charge is 0.488 e. The number of aromatic nitrogens is 1. The molecular formula is C48H33NO. The molecule has 2 nitrogen and oxygen atoms in total. The summed E-state index contributed by atoms with van der Waals surface area (Å²) in [7, 11) is 0. The van der Waals surface area contributed by atoms with Crippen LogP contribution in [-0.2, 0) is 6.61 Å². The van der Waals surface area contributed by atoms with Crippen LogP contribution in [0, 0.1) is 0 Å². The second kappa shape index (κ2) is 12.8. The molecule has 2 heterocycles. The van der Waals surface area contributed by atoms with Crippen molar-refractivity contribution < 1.29 is 4.74 Å². The third-order valence-electron chi connectivity index (χ3n) is 9.62. The summed E-state index contributed by atoms with van der Waals surface area (Å²) in [6.45, 7) is 0.596. The smallest absolute Gasteiger partial charge is 0.128 e. The van der Waals surface area contributed by atoms with E-state index in [2.05, 4.69) is 188 Å². The summed E-state index contributed by atoms with van der Waals surface area (Å²) in [5, 5.41) is 0. The van der Waals surface area contributed by atoms with Crippen molar-refractivity contribution in [3.8, 4) is 83.9 Å². The van der Waals surface area contributed by atoms with E-state index in [4.69, 9.17) is 9.72 Å². The Hall–Kier alpha value is -6.51. The Labute approximate surface area is 293 Å². The highest BCUT2D eigenvalue weighted by atomic mass is 16.5. The van der Waals surface area contributed by atoms with Gasteiger partial charge in [0, 0.05) is 16.7 Å². The van der Waals surface area contributed by atoms with Gasteiger partial charge in [0.15, 0.2) is 0 Å². The van der Waals surface area contributed by atoms with Crippen LogP contribution in [0.25, 0.3) is 78.1 Å². The van der Waals surface area contributed by atoms with E-state index < -0.39 is 0 Å². The summed E-state index contributed by atoms with van der Waals surface area (Å²) >= 11 is 0. The number of hydrogen-bond acceptors (Lipinski definition) is 2. The van der Waals surface area contributed by atoms with Gasteiger partial charge in [0.2, 0.25) is 0 Å². The molecule has 0 aliphatic carbocycles. The molecule has 0 bridgehead atoms. The van der Waals surface area contributed by atoms with Crippen LogP contribution in [-0.4, -0.2) is 4.98 Å². The summed E-state index contributed by atoms with van der Waals surface area (Å²) in [6.07, 6.45) is 0. The first-order chi connectivity index (χ1) is 24.8. The van der Waals surface area contributed by atoms with E-state index in [1.54, 1.807) is 0 Å². The maximum Gasteiger partial charge on any atom is 0.128 e. The van der Waals surface area contributed by atoms with E-state index in [0.717, 1.165) is 45.0 Å². The minimum absolute atomic E-state index is 0.596. The Bertz CT molecular complexity index is 2450. The highest BCUT2D eigenvalue weighted by Gasteiger charge is 2.21. The molecule has 7 aromatic carbocycles. The van der Waals surface area contributed by atoms with Gasteiger partial charge in [0.1, 0.15) is 12.4 Å². The monoisotopic (exact) mass is 639 g/mol. The van der Waals surface area contributed by atoms with E-state index in [-0.39, 0.29) is 0 Å². The first-order valence-corrected chi connectivity index (χ1v) is 17.1. The minimum Gasteiger partial charge on any atom is -0.488 e. The molecule has 236 valence electrons. The van der Waals surface area contributed by atoms with Gasteiger partial charge < -0.3 is 4.74 Å². The van der Waals surface area contributed by atoms with E-state index in [9.17, 15) is 0 Å². The molecule has 0 spiro atoms. The van der Waals surface area contributed by atoms with E-state index in [1.165, 1.54) is 44.5 Å². The van der Waals surface area contributed by atoms with Crippen LogP contribution >= 0.6 is 0 Å². The Morgan fingerprint density at radius 1 is 0.340 bits per heavy atom. The zero-order chi connectivity index (χ0) is 33.3. The van der Waals surface area contributed by atoms with Crippen molar-refractivity contribution >= 4 is 0 Å². The van der Waals surface area contributed by atoms with E-state index >= 15 is 0 Å². The molecule has 1 aliphatic rings. The van der Waals surface area contributed by atoms with Crippen molar-refractivity contribution in [1.29, 1.82) is 0 Å². The lowest BCUT2D eigenvalue weighted by atomic mass is 9.89. The van der Waals surface area contributed by atoms with Crippen molar-refractivity contribution in [3.05, 3.63) is 194 Å². The van der Waals surface area contributed by atoms with E-state index in [0.29, 0.717) is 6.61 Å². The third kappa shape index (κ3) is 5.57. The average molecular weight is 640 g/mol. The first kappa shape index (κ1) is 29.6. The molecule has 0 saturated carbocycles. The second-order valence-corrected chi connectivity index (χ2v) is 12.7. The Morgan fingerprint density at radius 2 is 0.800 bits per heavy atom. The molecule has 50 heavy (non-hydrogen) atoms. The minimum atomic E-state index is 0.596. The summed E-state index contributed by atoms with van der Waals surface area (Å²) in [4.78, 5) is 5.29. The van der Waals surface area contributed by atoms with Gasteiger partial charge in [-0.3, -0.25) is 0 Å². The Balaban J connectivity index is 1.15. The molecule has 0 N–H and O–H groups in total. The molecule has 2 heteroatoms. The molecule has 0 radical (unpaired) electrons. The zero-order valence-electron chi connectivity index (χ0n) is 27.5. The summed E-state index contributed by atoms with van der Waals surface area (Å²) in [5.74, 6) is 0.930. The molecule has 0 saturated heterocycles. The second-order valence-electron chi connectivity index (χ2n) is 12.7. The predicted octanol–water partition coefficient (Wildman–Crippen LogP) is 12.6. The first-order valence-electron chi connectivity index (χ1n) is 17.1. The lowest BCUT2D eigenvalue weighted by Gasteiger charge is -2.23. The number of nitrogens with zero attached hydrogens (tertiary/aromatic N) is 1. The van der Waals surface area contributed by atoms with Crippen LogP contribution in [0.3, 0.4) is 0 Å². The van der Waals surface area contributed by atoms with Gasteiger partial charge in [-0.15, -0.1) is 0 Å². The molecule has 0 amide bonds. The predicted molar refractivity (Wildman–Crippen MR) is 207 cm³/mol. The van der Waals surface area contributed by atoms with Gasteiger partial charge in [-0.05, 0) is 73.8 Å². The van der Waals surface area contributed by atoms with Crippen molar-refractivity contribution in [2.24, 2.45) is 0 Å². The highest BCUT2D eigenvalue weighted by Crippen LogP contribution is 2.44. The summed E-state index contributed by atoms with van der Waals surface area (Å²) < 4.78 is 6.18. The molecule has 1 aromatic heterocycles.